The van der Waals surface area contributed by atoms with E-state index in [4.69, 9.17) is 0 Å². The standard InChI is InChI=1S/C25H21FN4O4/c1-27-22(31)13-16-9-11-19(12-10-16)30-24(33)20-7-2-3-8-21(20)29(25(30)34)15-23(32)28-18-6-4-5-17(26)14-18/h2-12,14H,13,15H2,1H3,(H,27,31)(H,28,32). The quantitative estimate of drug-likeness (QED) is 0.461. The first-order valence-electron chi connectivity index (χ1n) is 10.5. The van der Waals surface area contributed by atoms with Crippen molar-refractivity contribution in [3.63, 3.8) is 0 Å². The van der Waals surface area contributed by atoms with Gasteiger partial charge in [-0.2, -0.15) is 0 Å². The van der Waals surface area contributed by atoms with Gasteiger partial charge in [0.1, 0.15) is 12.4 Å². The van der Waals surface area contributed by atoms with E-state index in [9.17, 15) is 23.6 Å². The Hall–Kier alpha value is -4.53. The highest BCUT2D eigenvalue weighted by Crippen LogP contribution is 2.13. The maximum atomic E-state index is 13.5. The van der Waals surface area contributed by atoms with Crippen LogP contribution in [0, 0.1) is 5.82 Å². The molecule has 0 aliphatic rings. The average molecular weight is 460 g/mol. The predicted molar refractivity (Wildman–Crippen MR) is 127 cm³/mol. The molecule has 0 saturated heterocycles. The smallest absolute Gasteiger partial charge is 0.336 e. The van der Waals surface area contributed by atoms with Gasteiger partial charge in [0.2, 0.25) is 11.8 Å². The van der Waals surface area contributed by atoms with Gasteiger partial charge in [-0.25, -0.2) is 13.8 Å². The summed E-state index contributed by atoms with van der Waals surface area (Å²) < 4.78 is 15.6. The Morgan fingerprint density at radius 3 is 2.35 bits per heavy atom. The summed E-state index contributed by atoms with van der Waals surface area (Å²) in [6, 6.07) is 18.4. The lowest BCUT2D eigenvalue weighted by atomic mass is 10.1. The van der Waals surface area contributed by atoms with Crippen molar-refractivity contribution >= 4 is 28.4 Å². The first-order valence-corrected chi connectivity index (χ1v) is 10.5. The summed E-state index contributed by atoms with van der Waals surface area (Å²) in [6.07, 6.45) is 0.161. The fourth-order valence-corrected chi connectivity index (χ4v) is 3.65. The lowest BCUT2D eigenvalue weighted by Crippen LogP contribution is -2.40. The zero-order chi connectivity index (χ0) is 24.2. The summed E-state index contributed by atoms with van der Waals surface area (Å²) in [5, 5.41) is 5.36. The summed E-state index contributed by atoms with van der Waals surface area (Å²) in [4.78, 5) is 50.8. The number of likely N-dealkylation sites (N-methyl/N-ethyl adjacent to an activating group) is 1. The highest BCUT2D eigenvalue weighted by Gasteiger charge is 2.17. The molecule has 0 spiro atoms. The monoisotopic (exact) mass is 460 g/mol. The van der Waals surface area contributed by atoms with Gasteiger partial charge in [0.25, 0.3) is 5.56 Å². The van der Waals surface area contributed by atoms with Crippen LogP contribution in [0.15, 0.2) is 82.4 Å². The zero-order valence-corrected chi connectivity index (χ0v) is 18.2. The predicted octanol–water partition coefficient (Wildman–Crippen LogP) is 2.22. The molecule has 0 aliphatic heterocycles. The van der Waals surface area contributed by atoms with Crippen LogP contribution in [-0.2, 0) is 22.6 Å². The summed E-state index contributed by atoms with van der Waals surface area (Å²) in [5.74, 6) is -1.22. The van der Waals surface area contributed by atoms with E-state index < -0.39 is 23.0 Å². The van der Waals surface area contributed by atoms with E-state index in [1.807, 2.05) is 0 Å². The molecular weight excluding hydrogens is 439 g/mol. The van der Waals surface area contributed by atoms with Crippen LogP contribution in [0.3, 0.4) is 0 Å². The Morgan fingerprint density at radius 1 is 0.912 bits per heavy atom. The van der Waals surface area contributed by atoms with Crippen LogP contribution in [-0.4, -0.2) is 28.0 Å². The number of rotatable bonds is 6. The van der Waals surface area contributed by atoms with Crippen molar-refractivity contribution in [2.24, 2.45) is 0 Å². The van der Waals surface area contributed by atoms with Gasteiger partial charge in [0.05, 0.1) is 23.0 Å². The van der Waals surface area contributed by atoms with E-state index in [1.165, 1.54) is 35.9 Å². The van der Waals surface area contributed by atoms with E-state index in [-0.39, 0.29) is 29.9 Å². The molecule has 0 aliphatic carbocycles. The van der Waals surface area contributed by atoms with E-state index in [2.05, 4.69) is 10.6 Å². The maximum absolute atomic E-state index is 13.5. The van der Waals surface area contributed by atoms with Crippen LogP contribution < -0.4 is 21.9 Å². The Morgan fingerprint density at radius 2 is 1.65 bits per heavy atom. The number of carbonyl (C=O) groups is 2. The van der Waals surface area contributed by atoms with Gasteiger partial charge >= 0.3 is 5.69 Å². The fraction of sp³-hybridized carbons (Fsp3) is 0.120. The van der Waals surface area contributed by atoms with Crippen molar-refractivity contribution in [1.82, 2.24) is 14.5 Å². The molecule has 4 aromatic rings. The maximum Gasteiger partial charge on any atom is 0.336 e. The summed E-state index contributed by atoms with van der Waals surface area (Å²) in [6.45, 7) is -0.384. The van der Waals surface area contributed by atoms with Gasteiger partial charge in [-0.1, -0.05) is 30.3 Å². The number of carbonyl (C=O) groups excluding carboxylic acids is 2. The van der Waals surface area contributed by atoms with E-state index in [1.54, 1.807) is 48.5 Å². The first kappa shape index (κ1) is 22.7. The Bertz CT molecular complexity index is 1510. The van der Waals surface area contributed by atoms with Gasteiger partial charge < -0.3 is 10.6 Å². The van der Waals surface area contributed by atoms with Crippen LogP contribution in [0.2, 0.25) is 0 Å². The van der Waals surface area contributed by atoms with Gasteiger partial charge in [0, 0.05) is 12.7 Å². The van der Waals surface area contributed by atoms with E-state index >= 15 is 0 Å². The van der Waals surface area contributed by atoms with Crippen molar-refractivity contribution in [3.8, 4) is 5.69 Å². The largest absolute Gasteiger partial charge is 0.359 e. The number of halogens is 1. The van der Waals surface area contributed by atoms with Crippen LogP contribution >= 0.6 is 0 Å². The number of hydrogen-bond donors (Lipinski definition) is 2. The molecule has 0 bridgehead atoms. The van der Waals surface area contributed by atoms with Crippen molar-refractivity contribution in [2.75, 3.05) is 12.4 Å². The van der Waals surface area contributed by atoms with Crippen molar-refractivity contribution in [1.29, 1.82) is 0 Å². The van der Waals surface area contributed by atoms with Gasteiger partial charge in [-0.3, -0.25) is 19.0 Å². The number of nitrogens with zero attached hydrogens (tertiary/aromatic N) is 2. The zero-order valence-electron chi connectivity index (χ0n) is 18.2. The second kappa shape index (κ2) is 9.53. The normalized spacial score (nSPS) is 10.8. The number of para-hydroxylation sites is 1. The molecule has 1 aromatic heterocycles. The summed E-state index contributed by atoms with van der Waals surface area (Å²) in [5.41, 5.74) is 0.354. The molecule has 0 atom stereocenters. The summed E-state index contributed by atoms with van der Waals surface area (Å²) >= 11 is 0. The van der Waals surface area contributed by atoms with Crippen LogP contribution in [0.25, 0.3) is 16.6 Å². The molecule has 8 nitrogen and oxygen atoms in total. The lowest BCUT2D eigenvalue weighted by molar-refractivity contribution is -0.120. The summed E-state index contributed by atoms with van der Waals surface area (Å²) in [7, 11) is 1.54. The molecule has 9 heteroatoms. The van der Waals surface area contributed by atoms with Gasteiger partial charge in [0.15, 0.2) is 0 Å². The molecule has 2 N–H and O–H groups in total. The molecule has 2 amide bonds. The Kier molecular flexibility index (Phi) is 6.35. The molecule has 0 saturated carbocycles. The second-order valence-corrected chi connectivity index (χ2v) is 7.60. The minimum atomic E-state index is -0.697. The number of nitrogens with one attached hydrogen (secondary N) is 2. The molecular formula is C25H21FN4O4. The molecule has 1 heterocycles. The molecule has 172 valence electrons. The van der Waals surface area contributed by atoms with Crippen LogP contribution in [0.4, 0.5) is 10.1 Å². The molecule has 4 rings (SSSR count). The van der Waals surface area contributed by atoms with E-state index in [0.29, 0.717) is 16.8 Å². The van der Waals surface area contributed by atoms with Crippen molar-refractivity contribution < 1.29 is 14.0 Å². The van der Waals surface area contributed by atoms with Crippen LogP contribution in [0.1, 0.15) is 5.56 Å². The topological polar surface area (TPSA) is 102 Å². The average Bonchev–Trinajstić information content (AvgIpc) is 2.83. The molecule has 0 fully saturated rings. The van der Waals surface area contributed by atoms with Gasteiger partial charge in [-0.05, 0) is 48.0 Å². The number of anilines is 1. The van der Waals surface area contributed by atoms with Crippen molar-refractivity contribution in [3.05, 3.63) is 105 Å². The van der Waals surface area contributed by atoms with E-state index in [0.717, 1.165) is 4.57 Å². The van der Waals surface area contributed by atoms with Gasteiger partial charge in [-0.15, -0.1) is 0 Å². The minimum Gasteiger partial charge on any atom is -0.359 e. The Balaban J connectivity index is 1.76. The minimum absolute atomic E-state index is 0.161. The Labute approximate surface area is 193 Å². The molecule has 0 radical (unpaired) electrons. The third-order valence-corrected chi connectivity index (χ3v) is 5.30. The number of fused-ring (bicyclic) bond motifs is 1. The molecule has 34 heavy (non-hydrogen) atoms. The lowest BCUT2D eigenvalue weighted by Gasteiger charge is -2.14. The third kappa shape index (κ3) is 4.63. The first-order chi connectivity index (χ1) is 16.4. The molecule has 0 unspecified atom stereocenters. The SMILES string of the molecule is CNC(=O)Cc1ccc(-n2c(=O)c3ccccc3n(CC(=O)Nc3cccc(F)c3)c2=O)cc1. The fourth-order valence-electron chi connectivity index (χ4n) is 3.65. The molecule has 3 aromatic carbocycles. The van der Waals surface area contributed by atoms with Crippen molar-refractivity contribution in [2.45, 2.75) is 13.0 Å². The highest BCUT2D eigenvalue weighted by molar-refractivity contribution is 5.91. The second-order valence-electron chi connectivity index (χ2n) is 7.60. The number of hydrogen-bond acceptors (Lipinski definition) is 4. The van der Waals surface area contributed by atoms with Crippen LogP contribution in [0.5, 0.6) is 0 Å². The number of amides is 2. The number of benzene rings is 3. The highest BCUT2D eigenvalue weighted by atomic mass is 19.1. The number of aromatic nitrogens is 2. The third-order valence-electron chi connectivity index (χ3n) is 5.30.